The summed E-state index contributed by atoms with van der Waals surface area (Å²) in [6.07, 6.45) is 0.476. The van der Waals surface area contributed by atoms with Gasteiger partial charge < -0.3 is 4.74 Å². The number of amides is 2. The van der Waals surface area contributed by atoms with E-state index >= 15 is 0 Å². The summed E-state index contributed by atoms with van der Waals surface area (Å²) in [5, 5.41) is 1.29. The summed E-state index contributed by atoms with van der Waals surface area (Å²) < 4.78 is 4.87. The number of hydroxylamine groups is 2. The molecule has 0 fully saturated rings. The van der Waals surface area contributed by atoms with Crippen LogP contribution in [0, 0.1) is 0 Å². The van der Waals surface area contributed by atoms with Crippen molar-refractivity contribution in [1.82, 2.24) is 15.8 Å². The minimum atomic E-state index is -0.732. The highest BCUT2D eigenvalue weighted by atomic mass is 16.8. The summed E-state index contributed by atoms with van der Waals surface area (Å²) in [6.45, 7) is 5.54. The van der Waals surface area contributed by atoms with E-state index in [1.807, 2.05) is 0 Å². The average molecular weight is 276 g/mol. The zero-order valence-corrected chi connectivity index (χ0v) is 11.3. The molecule has 9 nitrogen and oxygen atoms in total. The first kappa shape index (κ1) is 17.3. The molecule has 110 valence electrons. The van der Waals surface area contributed by atoms with E-state index in [2.05, 4.69) is 16.8 Å². The van der Waals surface area contributed by atoms with E-state index in [1.165, 1.54) is 14.2 Å². The second kappa shape index (κ2) is 9.28. The standard InChI is InChI=1S/C10H20N4O5/c1-8(2)9(15)19-7-5-6-12-14(18-4)10(16)13(11)17-3/h12H,1,5-7,11H2,2-4H3. The number of carbonyl (C=O) groups excluding carboxylic acids is 2. The van der Waals surface area contributed by atoms with Gasteiger partial charge in [0.2, 0.25) is 0 Å². The van der Waals surface area contributed by atoms with Gasteiger partial charge in [0.1, 0.15) is 0 Å². The lowest BCUT2D eigenvalue weighted by Gasteiger charge is -2.23. The molecule has 0 aromatic rings. The van der Waals surface area contributed by atoms with Gasteiger partial charge >= 0.3 is 12.0 Å². The third-order valence-corrected chi connectivity index (χ3v) is 1.90. The van der Waals surface area contributed by atoms with Gasteiger partial charge in [-0.05, 0) is 13.3 Å². The van der Waals surface area contributed by atoms with Gasteiger partial charge in [0.15, 0.2) is 0 Å². The number of ether oxygens (including phenoxy) is 1. The molecule has 0 bridgehead atoms. The van der Waals surface area contributed by atoms with E-state index in [0.717, 1.165) is 5.17 Å². The molecule has 0 aromatic carbocycles. The lowest BCUT2D eigenvalue weighted by atomic mass is 10.4. The number of urea groups is 1. The topological polar surface area (TPSA) is 106 Å². The maximum absolute atomic E-state index is 11.5. The van der Waals surface area contributed by atoms with E-state index in [-0.39, 0.29) is 6.61 Å². The Labute approximate surface area is 111 Å². The molecule has 0 atom stereocenters. The molecule has 0 aliphatic heterocycles. The van der Waals surface area contributed by atoms with Crippen LogP contribution in [0.3, 0.4) is 0 Å². The van der Waals surface area contributed by atoms with Gasteiger partial charge in [-0.1, -0.05) is 6.58 Å². The van der Waals surface area contributed by atoms with Crippen LogP contribution in [0.2, 0.25) is 0 Å². The number of nitrogens with two attached hydrogens (primary N) is 1. The van der Waals surface area contributed by atoms with Crippen molar-refractivity contribution in [2.75, 3.05) is 27.4 Å². The highest BCUT2D eigenvalue weighted by molar-refractivity contribution is 5.86. The number of hydrogen-bond donors (Lipinski definition) is 2. The predicted molar refractivity (Wildman–Crippen MR) is 65.7 cm³/mol. The minimum absolute atomic E-state index is 0.195. The normalized spacial score (nSPS) is 9.89. The second-order valence-corrected chi connectivity index (χ2v) is 3.45. The first-order chi connectivity index (χ1) is 8.93. The van der Waals surface area contributed by atoms with Crippen molar-refractivity contribution in [1.29, 1.82) is 0 Å². The van der Waals surface area contributed by atoms with E-state index in [1.54, 1.807) is 6.92 Å². The fourth-order valence-electron chi connectivity index (χ4n) is 0.919. The third kappa shape index (κ3) is 6.72. The molecule has 0 aromatic heterocycles. The second-order valence-electron chi connectivity index (χ2n) is 3.45. The Hall–Kier alpha value is -1.68. The lowest BCUT2D eigenvalue weighted by Crippen LogP contribution is -2.51. The van der Waals surface area contributed by atoms with Crippen LogP contribution in [0.4, 0.5) is 4.79 Å². The summed E-state index contributed by atoms with van der Waals surface area (Å²) in [7, 11) is 2.53. The van der Waals surface area contributed by atoms with Crippen LogP contribution in [-0.4, -0.2) is 49.7 Å². The molecular weight excluding hydrogens is 256 g/mol. The van der Waals surface area contributed by atoms with Crippen LogP contribution in [0.25, 0.3) is 0 Å². The Bertz CT molecular complexity index is 323. The summed E-state index contributed by atoms with van der Waals surface area (Å²) in [6, 6.07) is -0.732. The van der Waals surface area contributed by atoms with Crippen molar-refractivity contribution in [3.63, 3.8) is 0 Å². The smallest absolute Gasteiger partial charge is 0.398 e. The van der Waals surface area contributed by atoms with E-state index in [9.17, 15) is 9.59 Å². The molecule has 9 heteroatoms. The molecule has 2 amide bonds. The summed E-state index contributed by atoms with van der Waals surface area (Å²) in [5.41, 5.74) is 2.97. The van der Waals surface area contributed by atoms with Crippen LogP contribution in [0.15, 0.2) is 12.2 Å². The van der Waals surface area contributed by atoms with Crippen molar-refractivity contribution < 1.29 is 24.0 Å². The maximum atomic E-state index is 11.5. The van der Waals surface area contributed by atoms with Gasteiger partial charge in [-0.15, -0.1) is 10.3 Å². The van der Waals surface area contributed by atoms with Crippen molar-refractivity contribution >= 4 is 12.0 Å². The number of nitrogens with one attached hydrogen (secondary N) is 1. The van der Waals surface area contributed by atoms with Crippen LogP contribution in [-0.2, 0) is 19.2 Å². The van der Waals surface area contributed by atoms with E-state index < -0.39 is 12.0 Å². The number of hydrazine groups is 2. The SMILES string of the molecule is C=C(C)C(=O)OCCCNN(OC)C(=O)N(N)OC. The highest BCUT2D eigenvalue weighted by Gasteiger charge is 2.18. The monoisotopic (exact) mass is 276 g/mol. The lowest BCUT2D eigenvalue weighted by molar-refractivity contribution is -0.177. The molecule has 0 heterocycles. The van der Waals surface area contributed by atoms with Gasteiger partial charge in [0.25, 0.3) is 0 Å². The molecule has 0 saturated heterocycles. The number of rotatable bonds is 8. The van der Waals surface area contributed by atoms with Crippen molar-refractivity contribution in [2.24, 2.45) is 5.84 Å². The average Bonchev–Trinajstić information content (AvgIpc) is 2.40. The molecule has 0 rings (SSSR count). The van der Waals surface area contributed by atoms with Gasteiger partial charge in [0, 0.05) is 12.1 Å². The molecular formula is C10H20N4O5. The Morgan fingerprint density at radius 3 is 2.42 bits per heavy atom. The van der Waals surface area contributed by atoms with Gasteiger partial charge in [-0.25, -0.2) is 20.9 Å². The zero-order chi connectivity index (χ0) is 14.8. The molecule has 0 aliphatic rings. The predicted octanol–water partition coefficient (Wildman–Crippen LogP) is -0.279. The maximum Gasteiger partial charge on any atom is 0.398 e. The zero-order valence-electron chi connectivity index (χ0n) is 11.3. The van der Waals surface area contributed by atoms with Crippen molar-refractivity contribution in [2.45, 2.75) is 13.3 Å². The van der Waals surface area contributed by atoms with Gasteiger partial charge in [-0.3, -0.25) is 9.68 Å². The summed E-state index contributed by atoms with van der Waals surface area (Å²) in [5.74, 6) is 4.77. The summed E-state index contributed by atoms with van der Waals surface area (Å²) >= 11 is 0. The van der Waals surface area contributed by atoms with Crippen LogP contribution < -0.4 is 11.3 Å². The molecule has 0 unspecified atom stereocenters. The van der Waals surface area contributed by atoms with Crippen LogP contribution in [0.1, 0.15) is 13.3 Å². The molecule has 19 heavy (non-hydrogen) atoms. The molecule has 0 saturated carbocycles. The molecule has 0 spiro atoms. The Kier molecular flexibility index (Phi) is 8.46. The number of carbonyl (C=O) groups is 2. The van der Waals surface area contributed by atoms with Crippen LogP contribution >= 0.6 is 0 Å². The van der Waals surface area contributed by atoms with E-state index in [4.69, 9.17) is 15.4 Å². The first-order valence-corrected chi connectivity index (χ1v) is 5.47. The number of nitrogens with zero attached hydrogens (tertiary/aromatic N) is 2. The molecule has 3 N–H and O–H groups in total. The molecule has 0 aliphatic carbocycles. The Morgan fingerprint density at radius 1 is 1.32 bits per heavy atom. The quantitative estimate of drug-likeness (QED) is 0.157. The van der Waals surface area contributed by atoms with E-state index in [0.29, 0.717) is 23.7 Å². The number of esters is 1. The third-order valence-electron chi connectivity index (χ3n) is 1.90. The minimum Gasteiger partial charge on any atom is -0.462 e. The van der Waals surface area contributed by atoms with Crippen molar-refractivity contribution in [3.8, 4) is 0 Å². The Balaban J connectivity index is 3.88. The molecule has 0 radical (unpaired) electrons. The first-order valence-electron chi connectivity index (χ1n) is 5.47. The van der Waals surface area contributed by atoms with Crippen molar-refractivity contribution in [3.05, 3.63) is 12.2 Å². The fraction of sp³-hybridized carbons (Fsp3) is 0.600. The number of hydrogen-bond acceptors (Lipinski definition) is 7. The highest BCUT2D eigenvalue weighted by Crippen LogP contribution is 1.94. The van der Waals surface area contributed by atoms with Crippen LogP contribution in [0.5, 0.6) is 0 Å². The van der Waals surface area contributed by atoms with Gasteiger partial charge in [-0.2, -0.15) is 0 Å². The summed E-state index contributed by atoms with van der Waals surface area (Å²) in [4.78, 5) is 31.8. The largest absolute Gasteiger partial charge is 0.462 e. The van der Waals surface area contributed by atoms with Gasteiger partial charge in [0.05, 0.1) is 20.8 Å². The Morgan fingerprint density at radius 2 is 1.95 bits per heavy atom. The fourth-order valence-corrected chi connectivity index (χ4v) is 0.919.